The summed E-state index contributed by atoms with van der Waals surface area (Å²) >= 11 is 0. The number of hydrogen-bond donors (Lipinski definition) is 0. The van der Waals surface area contributed by atoms with Crippen molar-refractivity contribution in [3.8, 4) is 0 Å². The van der Waals surface area contributed by atoms with Gasteiger partial charge >= 0.3 is 11.9 Å². The van der Waals surface area contributed by atoms with Gasteiger partial charge in [0.05, 0.1) is 38.6 Å². The lowest BCUT2D eigenvalue weighted by atomic mass is 10.2. The second-order valence-electron chi connectivity index (χ2n) is 6.19. The summed E-state index contributed by atoms with van der Waals surface area (Å²) < 4.78 is 19.8. The molecule has 0 aliphatic carbocycles. The molecular weight excluding hydrogens is 324 g/mol. The van der Waals surface area contributed by atoms with E-state index in [0.717, 1.165) is 51.7 Å². The average Bonchev–Trinajstić information content (AvgIpc) is 3.49. The Morgan fingerprint density at radius 3 is 2.08 bits per heavy atom. The van der Waals surface area contributed by atoms with Crippen LogP contribution in [0.3, 0.4) is 0 Å². The van der Waals surface area contributed by atoms with Gasteiger partial charge in [-0.2, -0.15) is 0 Å². The predicted octanol–water partition coefficient (Wildman–Crippen LogP) is 2.96. The van der Waals surface area contributed by atoms with Gasteiger partial charge in [-0.15, -0.1) is 0 Å². The van der Waals surface area contributed by atoms with Gasteiger partial charge in [0.2, 0.25) is 0 Å². The van der Waals surface area contributed by atoms with Crippen LogP contribution in [-0.4, -0.2) is 50.6 Å². The molecule has 2 fully saturated rings. The van der Waals surface area contributed by atoms with E-state index in [2.05, 4.69) is 13.2 Å². The Balaban J connectivity index is 0.000000251. The zero-order valence-corrected chi connectivity index (χ0v) is 15.2. The molecule has 2 aliphatic heterocycles. The highest BCUT2D eigenvalue weighted by atomic mass is 16.6. The number of epoxide rings is 2. The van der Waals surface area contributed by atoms with Crippen LogP contribution in [0, 0.1) is 0 Å². The van der Waals surface area contributed by atoms with Crippen LogP contribution >= 0.6 is 0 Å². The lowest BCUT2D eigenvalue weighted by Crippen LogP contribution is -2.06. The fourth-order valence-corrected chi connectivity index (χ4v) is 1.95. The first-order valence-electron chi connectivity index (χ1n) is 8.88. The summed E-state index contributed by atoms with van der Waals surface area (Å²) in [6, 6.07) is 0. The van der Waals surface area contributed by atoms with Gasteiger partial charge in [0, 0.05) is 11.6 Å². The number of unbranched alkanes of at least 4 members (excludes halogenated alkanes) is 2. The third-order valence-electron chi connectivity index (χ3n) is 3.64. The molecule has 6 nitrogen and oxygen atoms in total. The van der Waals surface area contributed by atoms with Crippen LogP contribution in [0.1, 0.15) is 45.4 Å². The molecule has 0 radical (unpaired) electrons. The van der Waals surface area contributed by atoms with Crippen LogP contribution in [0.5, 0.6) is 0 Å². The molecule has 0 aromatic carbocycles. The van der Waals surface area contributed by atoms with Crippen molar-refractivity contribution in [3.05, 3.63) is 24.8 Å². The van der Waals surface area contributed by atoms with Crippen LogP contribution in [0.15, 0.2) is 24.8 Å². The van der Waals surface area contributed by atoms with Crippen LogP contribution in [0.25, 0.3) is 0 Å². The highest BCUT2D eigenvalue weighted by Gasteiger charge is 2.21. The lowest BCUT2D eigenvalue weighted by Gasteiger charge is -2.02. The van der Waals surface area contributed by atoms with Crippen molar-refractivity contribution >= 4 is 11.9 Å². The van der Waals surface area contributed by atoms with E-state index in [1.807, 2.05) is 0 Å². The van der Waals surface area contributed by atoms with E-state index < -0.39 is 0 Å². The van der Waals surface area contributed by atoms with Gasteiger partial charge in [-0.3, -0.25) is 0 Å². The van der Waals surface area contributed by atoms with Crippen molar-refractivity contribution < 1.29 is 28.5 Å². The zero-order valence-electron chi connectivity index (χ0n) is 15.2. The quantitative estimate of drug-likeness (QED) is 0.232. The predicted molar refractivity (Wildman–Crippen MR) is 94.1 cm³/mol. The fraction of sp³-hybridized carbons (Fsp3) is 0.684. The average molecular weight is 354 g/mol. The minimum Gasteiger partial charge on any atom is -0.463 e. The molecule has 0 spiro atoms. The Labute approximate surface area is 150 Å². The maximum absolute atomic E-state index is 10.9. The smallest absolute Gasteiger partial charge is 0.333 e. The van der Waals surface area contributed by atoms with Gasteiger partial charge in [0.1, 0.15) is 0 Å². The summed E-state index contributed by atoms with van der Waals surface area (Å²) in [5, 5.41) is 0. The minimum atomic E-state index is -0.328. The largest absolute Gasteiger partial charge is 0.463 e. The molecule has 6 heteroatoms. The molecular formula is C19H30O6. The van der Waals surface area contributed by atoms with Gasteiger partial charge in [-0.05, 0) is 39.0 Å². The maximum atomic E-state index is 10.9. The van der Waals surface area contributed by atoms with Crippen molar-refractivity contribution in [3.63, 3.8) is 0 Å². The van der Waals surface area contributed by atoms with Crippen molar-refractivity contribution in [2.45, 2.75) is 57.7 Å². The molecule has 0 N–H and O–H groups in total. The van der Waals surface area contributed by atoms with Gasteiger partial charge in [-0.1, -0.05) is 19.6 Å². The van der Waals surface area contributed by atoms with E-state index in [1.54, 1.807) is 6.92 Å². The number of hydrogen-bond acceptors (Lipinski definition) is 6. The molecule has 2 saturated heterocycles. The first-order chi connectivity index (χ1) is 12.0. The van der Waals surface area contributed by atoms with Gasteiger partial charge in [0.15, 0.2) is 0 Å². The number of rotatable bonds is 12. The molecule has 0 aromatic rings. The van der Waals surface area contributed by atoms with Gasteiger partial charge in [-0.25, -0.2) is 9.59 Å². The van der Waals surface area contributed by atoms with Crippen LogP contribution in [0.4, 0.5) is 0 Å². The van der Waals surface area contributed by atoms with Crippen molar-refractivity contribution in [1.29, 1.82) is 0 Å². The SMILES string of the molecule is C=C(C)C(=O)OCCCC1CO1.C=CC(=O)OCCCCCC1CO1. The van der Waals surface area contributed by atoms with Crippen molar-refractivity contribution in [2.75, 3.05) is 26.4 Å². The molecule has 142 valence electrons. The summed E-state index contributed by atoms with van der Waals surface area (Å²) in [6.07, 6.45) is 8.36. The topological polar surface area (TPSA) is 77.7 Å². The first kappa shape index (κ1) is 21.4. The Kier molecular flexibility index (Phi) is 10.8. The third-order valence-corrected chi connectivity index (χ3v) is 3.64. The molecule has 2 aliphatic rings. The highest BCUT2D eigenvalue weighted by molar-refractivity contribution is 5.86. The zero-order chi connectivity index (χ0) is 18.5. The molecule has 0 saturated carbocycles. The van der Waals surface area contributed by atoms with Crippen LogP contribution < -0.4 is 0 Å². The molecule has 2 unspecified atom stereocenters. The molecule has 25 heavy (non-hydrogen) atoms. The summed E-state index contributed by atoms with van der Waals surface area (Å²) in [5.41, 5.74) is 0.456. The Morgan fingerprint density at radius 2 is 1.56 bits per heavy atom. The first-order valence-corrected chi connectivity index (χ1v) is 8.88. The minimum absolute atomic E-state index is 0.299. The second kappa shape index (κ2) is 12.7. The summed E-state index contributed by atoms with van der Waals surface area (Å²) in [7, 11) is 0. The monoisotopic (exact) mass is 354 g/mol. The molecule has 0 amide bonds. The second-order valence-corrected chi connectivity index (χ2v) is 6.19. The summed E-state index contributed by atoms with van der Waals surface area (Å²) in [4.78, 5) is 21.5. The molecule has 0 aromatic heterocycles. The van der Waals surface area contributed by atoms with Crippen molar-refractivity contribution in [2.24, 2.45) is 0 Å². The normalized spacial score (nSPS) is 19.9. The van der Waals surface area contributed by atoms with E-state index in [1.165, 1.54) is 6.08 Å². The maximum Gasteiger partial charge on any atom is 0.333 e. The van der Waals surface area contributed by atoms with Crippen LogP contribution in [-0.2, 0) is 28.5 Å². The Morgan fingerprint density at radius 1 is 1.00 bits per heavy atom. The molecule has 2 atom stereocenters. The van der Waals surface area contributed by atoms with E-state index in [-0.39, 0.29) is 11.9 Å². The fourth-order valence-electron chi connectivity index (χ4n) is 1.95. The van der Waals surface area contributed by atoms with Crippen LogP contribution in [0.2, 0.25) is 0 Å². The summed E-state index contributed by atoms with van der Waals surface area (Å²) in [6.45, 7) is 11.2. The van der Waals surface area contributed by atoms with Crippen molar-refractivity contribution in [1.82, 2.24) is 0 Å². The standard InChI is InChI=1S/C10H16O3.C9H14O3/c1-2-10(11)12-7-5-3-4-6-9-8-13-9;1-7(2)9(10)11-5-3-4-8-6-12-8/h2,9H,1,3-8H2;8H,1,3-6H2,2H3. The lowest BCUT2D eigenvalue weighted by molar-refractivity contribution is -0.139. The number of carbonyl (C=O) groups excluding carboxylic acids is 2. The molecule has 0 bridgehead atoms. The number of carbonyl (C=O) groups is 2. The highest BCUT2D eigenvalue weighted by Crippen LogP contribution is 2.17. The van der Waals surface area contributed by atoms with E-state index in [9.17, 15) is 9.59 Å². The Hall–Kier alpha value is -1.66. The van der Waals surface area contributed by atoms with Gasteiger partial charge in [0.25, 0.3) is 0 Å². The van der Waals surface area contributed by atoms with E-state index in [0.29, 0.717) is 31.0 Å². The van der Waals surface area contributed by atoms with Gasteiger partial charge < -0.3 is 18.9 Å². The molecule has 2 rings (SSSR count). The van der Waals surface area contributed by atoms with E-state index >= 15 is 0 Å². The molecule has 2 heterocycles. The summed E-state index contributed by atoms with van der Waals surface area (Å²) in [5.74, 6) is -0.628. The number of esters is 2. The Bertz CT molecular complexity index is 437. The third kappa shape index (κ3) is 13.3. The number of ether oxygens (including phenoxy) is 4. The van der Waals surface area contributed by atoms with E-state index in [4.69, 9.17) is 18.9 Å².